The molecule has 7 nitrogen and oxygen atoms in total. The molecule has 1 aliphatic carbocycles. The van der Waals surface area contributed by atoms with Crippen LogP contribution < -0.4 is 10.1 Å². The van der Waals surface area contributed by atoms with Gasteiger partial charge in [0, 0.05) is 51.0 Å². The number of fused-ring (bicyclic) bond motifs is 1. The highest BCUT2D eigenvalue weighted by atomic mass is 16.5. The molecule has 0 saturated carbocycles. The van der Waals surface area contributed by atoms with Crippen molar-refractivity contribution in [3.05, 3.63) is 47.5 Å². The molecule has 35 heavy (non-hydrogen) atoms. The van der Waals surface area contributed by atoms with Crippen molar-refractivity contribution in [3.8, 4) is 5.75 Å². The van der Waals surface area contributed by atoms with Crippen molar-refractivity contribution in [2.24, 2.45) is 18.9 Å². The predicted octanol–water partition coefficient (Wildman–Crippen LogP) is 3.03. The summed E-state index contributed by atoms with van der Waals surface area (Å²) in [7, 11) is 2.03. The van der Waals surface area contributed by atoms with Crippen LogP contribution in [0.15, 0.2) is 30.6 Å². The Balaban J connectivity index is 1.21. The van der Waals surface area contributed by atoms with E-state index in [9.17, 15) is 4.79 Å². The van der Waals surface area contributed by atoms with Gasteiger partial charge in [-0.1, -0.05) is 13.0 Å². The molecule has 190 valence electrons. The molecule has 7 heteroatoms. The molecule has 3 heterocycles. The molecule has 2 aliphatic heterocycles. The van der Waals surface area contributed by atoms with E-state index in [1.165, 1.54) is 36.8 Å². The maximum atomic E-state index is 13.3. The highest BCUT2D eigenvalue weighted by molar-refractivity contribution is 5.79. The average molecular weight is 480 g/mol. The van der Waals surface area contributed by atoms with Crippen LogP contribution in [0.4, 0.5) is 0 Å². The number of hydrogen-bond acceptors (Lipinski definition) is 5. The summed E-state index contributed by atoms with van der Waals surface area (Å²) in [6.07, 6.45) is 10.7. The van der Waals surface area contributed by atoms with Gasteiger partial charge in [-0.15, -0.1) is 0 Å². The third kappa shape index (κ3) is 5.89. The molecule has 0 radical (unpaired) electrons. The number of likely N-dealkylation sites (N-methyl/N-ethyl adjacent to an activating group) is 1. The minimum absolute atomic E-state index is 0.0193. The standard InChI is InChI=1S/C28H41N5O2/c1-3-33-12-5-8-25(33)16-30-28(34)24-14-21(17-32(18-24)19-27-29-11-13-31(27)2)20-35-26-10-9-22-6-4-7-23(22)15-26/h9-11,13,15,21,24-25H,3-8,12,14,16-20H2,1-2H3,(H,30,34)/t21-,24+,25?/m0/s1. The van der Waals surface area contributed by atoms with Crippen LogP contribution in [0.3, 0.4) is 0 Å². The topological polar surface area (TPSA) is 62.6 Å². The van der Waals surface area contributed by atoms with Gasteiger partial charge in [-0.2, -0.15) is 0 Å². The molecule has 1 aromatic heterocycles. The maximum Gasteiger partial charge on any atom is 0.224 e. The number of ether oxygens (including phenoxy) is 1. The van der Waals surface area contributed by atoms with Crippen molar-refractivity contribution in [2.45, 2.75) is 58.0 Å². The van der Waals surface area contributed by atoms with Gasteiger partial charge in [0.2, 0.25) is 5.91 Å². The quantitative estimate of drug-likeness (QED) is 0.599. The van der Waals surface area contributed by atoms with E-state index in [1.807, 2.05) is 19.4 Å². The van der Waals surface area contributed by atoms with Gasteiger partial charge in [-0.3, -0.25) is 14.6 Å². The third-order valence-corrected chi connectivity index (χ3v) is 8.24. The number of rotatable bonds is 9. The van der Waals surface area contributed by atoms with Crippen molar-refractivity contribution >= 4 is 5.91 Å². The molecule has 1 amide bonds. The third-order valence-electron chi connectivity index (χ3n) is 8.24. The predicted molar refractivity (Wildman–Crippen MR) is 137 cm³/mol. The number of hydrogen-bond donors (Lipinski definition) is 1. The van der Waals surface area contributed by atoms with Crippen molar-refractivity contribution in [2.75, 3.05) is 39.3 Å². The smallest absolute Gasteiger partial charge is 0.224 e. The van der Waals surface area contributed by atoms with E-state index in [0.717, 1.165) is 63.7 Å². The zero-order chi connectivity index (χ0) is 24.2. The van der Waals surface area contributed by atoms with Crippen molar-refractivity contribution in [1.29, 1.82) is 0 Å². The Labute approximate surface area is 209 Å². The van der Waals surface area contributed by atoms with Crippen LogP contribution in [0.1, 0.15) is 49.6 Å². The van der Waals surface area contributed by atoms with Crippen molar-refractivity contribution in [3.63, 3.8) is 0 Å². The van der Waals surface area contributed by atoms with Crippen molar-refractivity contribution < 1.29 is 9.53 Å². The monoisotopic (exact) mass is 479 g/mol. The lowest BCUT2D eigenvalue weighted by Gasteiger charge is -2.37. The van der Waals surface area contributed by atoms with Gasteiger partial charge in [0.25, 0.3) is 0 Å². The first-order chi connectivity index (χ1) is 17.1. The lowest BCUT2D eigenvalue weighted by molar-refractivity contribution is -0.128. The summed E-state index contributed by atoms with van der Waals surface area (Å²) in [5.41, 5.74) is 2.91. The number of piperidine rings is 1. The van der Waals surface area contributed by atoms with Gasteiger partial charge >= 0.3 is 0 Å². The first-order valence-corrected chi connectivity index (χ1v) is 13.5. The number of imidazole rings is 1. The minimum Gasteiger partial charge on any atom is -0.493 e. The molecule has 2 fully saturated rings. The lowest BCUT2D eigenvalue weighted by Crippen LogP contribution is -2.49. The van der Waals surface area contributed by atoms with Crippen LogP contribution in [0.5, 0.6) is 5.75 Å². The number of nitrogens with zero attached hydrogens (tertiary/aromatic N) is 4. The van der Waals surface area contributed by atoms with Gasteiger partial charge < -0.3 is 14.6 Å². The Hall–Kier alpha value is -2.38. The Morgan fingerprint density at radius 3 is 2.91 bits per heavy atom. The molecule has 2 aromatic rings. The fourth-order valence-corrected chi connectivity index (χ4v) is 6.25. The molecule has 3 atom stereocenters. The summed E-state index contributed by atoms with van der Waals surface area (Å²) >= 11 is 0. The first kappa shape index (κ1) is 24.3. The highest BCUT2D eigenvalue weighted by Gasteiger charge is 2.33. The van der Waals surface area contributed by atoms with Gasteiger partial charge in [0.1, 0.15) is 11.6 Å². The van der Waals surface area contributed by atoms with E-state index in [1.54, 1.807) is 0 Å². The van der Waals surface area contributed by atoms with Crippen LogP contribution in [-0.2, 0) is 31.2 Å². The normalized spacial score (nSPS) is 25.0. The molecular weight excluding hydrogens is 438 g/mol. The number of benzene rings is 1. The number of carbonyl (C=O) groups is 1. The number of carbonyl (C=O) groups excluding carboxylic acids is 1. The van der Waals surface area contributed by atoms with Gasteiger partial charge in [0.05, 0.1) is 19.1 Å². The SMILES string of the molecule is CCN1CCCC1CNC(=O)[C@@H]1C[C@H](COc2ccc3c(c2)CCC3)CN(Cc2nccn2C)C1. The van der Waals surface area contributed by atoms with Crippen LogP contribution in [0.2, 0.25) is 0 Å². The summed E-state index contributed by atoms with van der Waals surface area (Å²) in [5.74, 6) is 2.49. The van der Waals surface area contributed by atoms with Gasteiger partial charge in [0.15, 0.2) is 0 Å². The fraction of sp³-hybridized carbons (Fsp3) is 0.643. The lowest BCUT2D eigenvalue weighted by atomic mass is 9.88. The number of aromatic nitrogens is 2. The second-order valence-electron chi connectivity index (χ2n) is 10.7. The number of nitrogens with one attached hydrogen (secondary N) is 1. The molecule has 1 unspecified atom stereocenters. The van der Waals surface area contributed by atoms with E-state index < -0.39 is 0 Å². The number of aryl methyl sites for hydroxylation is 3. The number of amides is 1. The molecule has 1 N–H and O–H groups in total. The molecule has 5 rings (SSSR count). The molecule has 0 spiro atoms. The summed E-state index contributed by atoms with van der Waals surface area (Å²) < 4.78 is 8.36. The zero-order valence-electron chi connectivity index (χ0n) is 21.4. The van der Waals surface area contributed by atoms with E-state index in [2.05, 4.69) is 49.8 Å². The summed E-state index contributed by atoms with van der Waals surface area (Å²) in [5, 5.41) is 3.30. The largest absolute Gasteiger partial charge is 0.493 e. The highest BCUT2D eigenvalue weighted by Crippen LogP contribution is 2.28. The van der Waals surface area contributed by atoms with E-state index in [-0.39, 0.29) is 11.8 Å². The molecule has 2 saturated heterocycles. The van der Waals surface area contributed by atoms with Gasteiger partial charge in [-0.25, -0.2) is 4.98 Å². The van der Waals surface area contributed by atoms with Crippen molar-refractivity contribution in [1.82, 2.24) is 24.7 Å². The van der Waals surface area contributed by atoms with E-state index in [4.69, 9.17) is 4.74 Å². The van der Waals surface area contributed by atoms with Crippen LogP contribution >= 0.6 is 0 Å². The Morgan fingerprint density at radius 1 is 1.20 bits per heavy atom. The molecule has 1 aromatic carbocycles. The second-order valence-corrected chi connectivity index (χ2v) is 10.7. The molecular formula is C28H41N5O2. The van der Waals surface area contributed by atoms with E-state index in [0.29, 0.717) is 18.6 Å². The fourth-order valence-electron chi connectivity index (χ4n) is 6.25. The van der Waals surface area contributed by atoms with Crippen LogP contribution in [0.25, 0.3) is 0 Å². The average Bonchev–Trinajstić information content (AvgIpc) is 3.62. The van der Waals surface area contributed by atoms with Crippen LogP contribution in [-0.4, -0.2) is 70.6 Å². The maximum absolute atomic E-state index is 13.3. The summed E-state index contributed by atoms with van der Waals surface area (Å²) in [6, 6.07) is 7.05. The Morgan fingerprint density at radius 2 is 2.09 bits per heavy atom. The van der Waals surface area contributed by atoms with Crippen LogP contribution in [0, 0.1) is 11.8 Å². The van der Waals surface area contributed by atoms with Gasteiger partial charge in [-0.05, 0) is 74.9 Å². The van der Waals surface area contributed by atoms with E-state index >= 15 is 0 Å². The first-order valence-electron chi connectivity index (χ1n) is 13.5. The second kappa shape index (κ2) is 11.1. The zero-order valence-corrected chi connectivity index (χ0v) is 21.4. The minimum atomic E-state index is -0.0193. The summed E-state index contributed by atoms with van der Waals surface area (Å²) in [4.78, 5) is 22.7. The summed E-state index contributed by atoms with van der Waals surface area (Å²) in [6.45, 7) is 8.29. The number of likely N-dealkylation sites (tertiary alicyclic amines) is 2. The molecule has 3 aliphatic rings. The molecule has 0 bridgehead atoms. The Kier molecular flexibility index (Phi) is 7.73. The Bertz CT molecular complexity index is 1000.